The van der Waals surface area contributed by atoms with Crippen LogP contribution in [0.4, 0.5) is 5.69 Å². The van der Waals surface area contributed by atoms with Gasteiger partial charge in [0.1, 0.15) is 0 Å². The van der Waals surface area contributed by atoms with Crippen LogP contribution in [0.2, 0.25) is 0 Å². The predicted molar refractivity (Wildman–Crippen MR) is 78.6 cm³/mol. The maximum atomic E-state index is 12.4. The third-order valence-electron chi connectivity index (χ3n) is 2.82. The molecule has 0 aromatic heterocycles. The molecule has 0 radical (unpaired) electrons. The lowest BCUT2D eigenvalue weighted by atomic mass is 10.1. The summed E-state index contributed by atoms with van der Waals surface area (Å²) in [5.41, 5.74) is 6.08. The van der Waals surface area contributed by atoms with E-state index in [4.69, 9.17) is 16.2 Å². The Morgan fingerprint density at radius 1 is 1.00 bits per heavy atom. The second-order valence-corrected chi connectivity index (χ2v) is 4.25. The summed E-state index contributed by atoms with van der Waals surface area (Å²) < 4.78 is 0. The van der Waals surface area contributed by atoms with E-state index in [1.807, 2.05) is 0 Å². The van der Waals surface area contributed by atoms with Crippen molar-refractivity contribution in [3.8, 4) is 0 Å². The van der Waals surface area contributed by atoms with Crippen molar-refractivity contribution >= 4 is 23.5 Å². The molecule has 6 heteroatoms. The zero-order valence-electron chi connectivity index (χ0n) is 11.0. The number of benzene rings is 2. The Kier molecular flexibility index (Phi) is 3.99. The van der Waals surface area contributed by atoms with Crippen LogP contribution in [-0.2, 0) is 0 Å². The Bertz CT molecular complexity index is 698. The predicted octanol–water partition coefficient (Wildman–Crippen LogP) is 1.93. The van der Waals surface area contributed by atoms with Crippen LogP contribution in [0.15, 0.2) is 54.6 Å². The van der Waals surface area contributed by atoms with Gasteiger partial charge in [0.2, 0.25) is 0 Å². The summed E-state index contributed by atoms with van der Waals surface area (Å²) in [4.78, 5) is 24.4. The van der Waals surface area contributed by atoms with Gasteiger partial charge in [-0.1, -0.05) is 24.3 Å². The van der Waals surface area contributed by atoms with Crippen molar-refractivity contribution < 1.29 is 14.7 Å². The lowest BCUT2D eigenvalue weighted by Crippen LogP contribution is -2.41. The number of aromatic carboxylic acids is 1. The molecule has 2 aromatic carbocycles. The maximum Gasteiger partial charge on any atom is 0.335 e. The van der Waals surface area contributed by atoms with Crippen molar-refractivity contribution in [3.63, 3.8) is 0 Å². The number of guanidine groups is 1. The largest absolute Gasteiger partial charge is 0.478 e. The lowest BCUT2D eigenvalue weighted by molar-refractivity contribution is 0.0696. The lowest BCUT2D eigenvalue weighted by Gasteiger charge is -2.21. The molecule has 6 nitrogen and oxygen atoms in total. The summed E-state index contributed by atoms with van der Waals surface area (Å²) in [6.45, 7) is 0. The van der Waals surface area contributed by atoms with E-state index in [0.717, 1.165) is 4.90 Å². The highest BCUT2D eigenvalue weighted by Crippen LogP contribution is 2.18. The van der Waals surface area contributed by atoms with E-state index >= 15 is 0 Å². The van der Waals surface area contributed by atoms with Gasteiger partial charge in [0.05, 0.1) is 11.3 Å². The summed E-state index contributed by atoms with van der Waals surface area (Å²) in [7, 11) is 0. The zero-order chi connectivity index (χ0) is 15.4. The fourth-order valence-corrected chi connectivity index (χ4v) is 1.85. The van der Waals surface area contributed by atoms with Crippen LogP contribution in [-0.4, -0.2) is 22.9 Å². The molecule has 2 rings (SSSR count). The van der Waals surface area contributed by atoms with Crippen molar-refractivity contribution in [1.29, 1.82) is 5.41 Å². The van der Waals surface area contributed by atoms with E-state index in [2.05, 4.69) is 0 Å². The maximum absolute atomic E-state index is 12.4. The van der Waals surface area contributed by atoms with Crippen LogP contribution in [0.1, 0.15) is 20.7 Å². The Balaban J connectivity index is 2.45. The SMILES string of the molecule is N=C(N)N(C(=O)c1ccccc1)c1cccc(C(=O)O)c1. The molecule has 0 aliphatic carbocycles. The number of carboxylic acids is 1. The molecular formula is C15H13N3O3. The Labute approximate surface area is 120 Å². The van der Waals surface area contributed by atoms with Gasteiger partial charge in [-0.05, 0) is 30.3 Å². The molecule has 0 saturated heterocycles. The van der Waals surface area contributed by atoms with Gasteiger partial charge < -0.3 is 10.8 Å². The van der Waals surface area contributed by atoms with Gasteiger partial charge in [-0.3, -0.25) is 10.2 Å². The Hall–Kier alpha value is -3.15. The first-order valence-corrected chi connectivity index (χ1v) is 6.07. The van der Waals surface area contributed by atoms with E-state index in [-0.39, 0.29) is 11.3 Å². The molecule has 0 aliphatic rings. The zero-order valence-corrected chi connectivity index (χ0v) is 11.0. The number of carbonyl (C=O) groups is 2. The van der Waals surface area contributed by atoms with Crippen molar-refractivity contribution in [3.05, 3.63) is 65.7 Å². The molecule has 1 amide bonds. The summed E-state index contributed by atoms with van der Waals surface area (Å²) in [6.07, 6.45) is 0. The number of nitrogens with two attached hydrogens (primary N) is 1. The van der Waals surface area contributed by atoms with E-state index < -0.39 is 17.8 Å². The van der Waals surface area contributed by atoms with Crippen LogP contribution in [0.25, 0.3) is 0 Å². The van der Waals surface area contributed by atoms with Crippen LogP contribution in [0.5, 0.6) is 0 Å². The van der Waals surface area contributed by atoms with E-state index in [0.29, 0.717) is 5.56 Å². The molecule has 0 bridgehead atoms. The number of carboxylic acid groups (broad SMARTS) is 1. The number of rotatable bonds is 3. The summed E-state index contributed by atoms with van der Waals surface area (Å²) in [5.74, 6) is -2.09. The van der Waals surface area contributed by atoms with Gasteiger partial charge in [-0.15, -0.1) is 0 Å². The van der Waals surface area contributed by atoms with Gasteiger partial charge in [-0.25, -0.2) is 9.69 Å². The number of hydrogen-bond donors (Lipinski definition) is 3. The molecule has 21 heavy (non-hydrogen) atoms. The first-order valence-electron chi connectivity index (χ1n) is 6.07. The minimum Gasteiger partial charge on any atom is -0.478 e. The molecular weight excluding hydrogens is 270 g/mol. The Morgan fingerprint density at radius 2 is 1.62 bits per heavy atom. The van der Waals surface area contributed by atoms with E-state index in [1.54, 1.807) is 30.3 Å². The number of nitrogens with one attached hydrogen (secondary N) is 1. The first-order chi connectivity index (χ1) is 10.0. The molecule has 4 N–H and O–H groups in total. The molecule has 0 spiro atoms. The third kappa shape index (κ3) is 3.06. The van der Waals surface area contributed by atoms with E-state index in [1.165, 1.54) is 24.3 Å². The summed E-state index contributed by atoms with van der Waals surface area (Å²) in [5, 5.41) is 16.6. The number of carbonyl (C=O) groups excluding carboxylic acids is 1. The highest BCUT2D eigenvalue weighted by molar-refractivity contribution is 6.21. The average molecular weight is 283 g/mol. The molecule has 0 saturated carbocycles. The number of amides is 1. The summed E-state index contributed by atoms with van der Waals surface area (Å²) >= 11 is 0. The van der Waals surface area contributed by atoms with Crippen LogP contribution in [0.3, 0.4) is 0 Å². The van der Waals surface area contributed by atoms with Crippen molar-refractivity contribution in [2.24, 2.45) is 5.73 Å². The number of hydrogen-bond acceptors (Lipinski definition) is 3. The smallest absolute Gasteiger partial charge is 0.335 e. The van der Waals surface area contributed by atoms with Crippen LogP contribution >= 0.6 is 0 Å². The second kappa shape index (κ2) is 5.87. The molecule has 2 aromatic rings. The van der Waals surface area contributed by atoms with Gasteiger partial charge in [0, 0.05) is 5.56 Å². The topological polar surface area (TPSA) is 107 Å². The number of nitrogens with zero attached hydrogens (tertiary/aromatic N) is 1. The van der Waals surface area contributed by atoms with Gasteiger partial charge in [-0.2, -0.15) is 0 Å². The van der Waals surface area contributed by atoms with Crippen LogP contribution in [0, 0.1) is 5.41 Å². The van der Waals surface area contributed by atoms with Crippen molar-refractivity contribution in [1.82, 2.24) is 0 Å². The molecule has 0 heterocycles. The van der Waals surface area contributed by atoms with Gasteiger partial charge in [0.15, 0.2) is 5.96 Å². The van der Waals surface area contributed by atoms with Crippen molar-refractivity contribution in [2.75, 3.05) is 4.90 Å². The molecule has 0 fully saturated rings. The molecule has 106 valence electrons. The normalized spacial score (nSPS) is 9.90. The number of anilines is 1. The van der Waals surface area contributed by atoms with Gasteiger partial charge in [0.25, 0.3) is 5.91 Å². The fraction of sp³-hybridized carbons (Fsp3) is 0. The second-order valence-electron chi connectivity index (χ2n) is 4.25. The summed E-state index contributed by atoms with van der Waals surface area (Å²) in [6, 6.07) is 14.1. The Morgan fingerprint density at radius 3 is 2.19 bits per heavy atom. The highest BCUT2D eigenvalue weighted by atomic mass is 16.4. The highest BCUT2D eigenvalue weighted by Gasteiger charge is 2.21. The molecule has 0 aliphatic heterocycles. The molecule has 0 atom stereocenters. The monoisotopic (exact) mass is 283 g/mol. The minimum atomic E-state index is -1.12. The standard InChI is InChI=1S/C15H13N3O3/c16-15(17)18(13(19)10-5-2-1-3-6-10)12-8-4-7-11(9-12)14(20)21/h1-9H,(H3,16,17)(H,20,21). The average Bonchev–Trinajstić information content (AvgIpc) is 2.48. The third-order valence-corrected chi connectivity index (χ3v) is 2.82. The van der Waals surface area contributed by atoms with Gasteiger partial charge >= 0.3 is 5.97 Å². The molecule has 0 unspecified atom stereocenters. The van der Waals surface area contributed by atoms with Crippen molar-refractivity contribution in [2.45, 2.75) is 0 Å². The minimum absolute atomic E-state index is 0.0135. The fourth-order valence-electron chi connectivity index (χ4n) is 1.85. The first kappa shape index (κ1) is 14.3. The quantitative estimate of drug-likeness (QED) is 0.590. The van der Waals surface area contributed by atoms with Crippen LogP contribution < -0.4 is 10.6 Å². The van der Waals surface area contributed by atoms with E-state index in [9.17, 15) is 9.59 Å².